The van der Waals surface area contributed by atoms with Crippen LogP contribution in [0.2, 0.25) is 0 Å². The van der Waals surface area contributed by atoms with E-state index in [9.17, 15) is 4.79 Å². The van der Waals surface area contributed by atoms with Gasteiger partial charge in [0.2, 0.25) is 0 Å². The summed E-state index contributed by atoms with van der Waals surface area (Å²) in [6.07, 6.45) is 0.587. The first-order valence-corrected chi connectivity index (χ1v) is 9.34. The van der Waals surface area contributed by atoms with Crippen LogP contribution in [-0.4, -0.2) is 43.4 Å². The van der Waals surface area contributed by atoms with Crippen LogP contribution < -0.4 is 4.90 Å². The summed E-state index contributed by atoms with van der Waals surface area (Å²) in [7, 11) is 0. The van der Waals surface area contributed by atoms with Crippen molar-refractivity contribution in [3.63, 3.8) is 0 Å². The number of para-hydroxylation sites is 1. The van der Waals surface area contributed by atoms with Gasteiger partial charge >= 0.3 is 0 Å². The van der Waals surface area contributed by atoms with Gasteiger partial charge in [-0.25, -0.2) is 0 Å². The van der Waals surface area contributed by atoms with Gasteiger partial charge in [0.1, 0.15) is 0 Å². The average Bonchev–Trinajstić information content (AvgIpc) is 2.72. The van der Waals surface area contributed by atoms with Crippen LogP contribution in [0, 0.1) is 0 Å². The predicted octanol–water partition coefficient (Wildman–Crippen LogP) is 4.23. The van der Waals surface area contributed by atoms with Gasteiger partial charge < -0.3 is 4.90 Å². The zero-order chi connectivity index (χ0) is 17.8. The fourth-order valence-corrected chi connectivity index (χ4v) is 3.64. The number of ketones is 1. The number of benzene rings is 3. The molecule has 1 heterocycles. The van der Waals surface area contributed by atoms with Crippen LogP contribution in [0.1, 0.15) is 16.8 Å². The fraction of sp³-hybridized carbons (Fsp3) is 0.261. The summed E-state index contributed by atoms with van der Waals surface area (Å²) in [5, 5.41) is 2.32. The third kappa shape index (κ3) is 3.78. The number of hydrogen-bond acceptors (Lipinski definition) is 3. The molecule has 0 amide bonds. The van der Waals surface area contributed by atoms with Crippen molar-refractivity contribution in [3.05, 3.63) is 78.4 Å². The van der Waals surface area contributed by atoms with E-state index in [0.29, 0.717) is 6.42 Å². The third-order valence-electron chi connectivity index (χ3n) is 5.22. The number of fused-ring (bicyclic) bond motifs is 1. The van der Waals surface area contributed by atoms with Gasteiger partial charge in [0.15, 0.2) is 5.78 Å². The lowest BCUT2D eigenvalue weighted by Crippen LogP contribution is -2.46. The summed E-state index contributed by atoms with van der Waals surface area (Å²) in [5.41, 5.74) is 2.12. The van der Waals surface area contributed by atoms with Crippen molar-refractivity contribution in [2.45, 2.75) is 6.42 Å². The first kappa shape index (κ1) is 16.8. The number of carbonyl (C=O) groups is 1. The van der Waals surface area contributed by atoms with Gasteiger partial charge in [-0.05, 0) is 29.0 Å². The lowest BCUT2D eigenvalue weighted by Gasteiger charge is -2.36. The molecule has 132 valence electrons. The molecule has 1 aliphatic heterocycles. The number of piperazine rings is 1. The molecule has 3 nitrogen and oxygen atoms in total. The molecule has 3 heteroatoms. The van der Waals surface area contributed by atoms with E-state index in [1.807, 2.05) is 30.3 Å². The van der Waals surface area contributed by atoms with E-state index in [2.05, 4.69) is 52.3 Å². The third-order valence-corrected chi connectivity index (χ3v) is 5.22. The van der Waals surface area contributed by atoms with Crippen LogP contribution >= 0.6 is 0 Å². The quantitative estimate of drug-likeness (QED) is 0.647. The first-order chi connectivity index (χ1) is 12.8. The van der Waals surface area contributed by atoms with E-state index in [1.165, 1.54) is 11.1 Å². The highest BCUT2D eigenvalue weighted by molar-refractivity contribution is 6.00. The van der Waals surface area contributed by atoms with E-state index in [0.717, 1.165) is 43.7 Å². The molecule has 1 aliphatic rings. The minimum absolute atomic E-state index is 0.237. The lowest BCUT2D eigenvalue weighted by molar-refractivity contribution is 0.0962. The van der Waals surface area contributed by atoms with Gasteiger partial charge in [-0.2, -0.15) is 0 Å². The number of rotatable bonds is 5. The molecule has 1 saturated heterocycles. The Bertz CT molecular complexity index is 883. The number of Topliss-reactive ketones (excluding diaryl/α,β-unsaturated/α-hetero) is 1. The van der Waals surface area contributed by atoms with Crippen molar-refractivity contribution in [1.29, 1.82) is 0 Å². The second-order valence-corrected chi connectivity index (χ2v) is 6.90. The van der Waals surface area contributed by atoms with Crippen molar-refractivity contribution in [2.75, 3.05) is 37.6 Å². The Morgan fingerprint density at radius 3 is 2.23 bits per heavy atom. The predicted molar refractivity (Wildman–Crippen MR) is 108 cm³/mol. The highest BCUT2D eigenvalue weighted by Gasteiger charge is 2.18. The minimum Gasteiger partial charge on any atom is -0.369 e. The molecular formula is C23H24N2O. The van der Waals surface area contributed by atoms with Gasteiger partial charge in [0, 0.05) is 50.4 Å². The van der Waals surface area contributed by atoms with Crippen molar-refractivity contribution in [2.24, 2.45) is 0 Å². The minimum atomic E-state index is 0.237. The molecule has 0 aliphatic carbocycles. The second-order valence-electron chi connectivity index (χ2n) is 6.90. The van der Waals surface area contributed by atoms with Crippen molar-refractivity contribution in [3.8, 4) is 0 Å². The zero-order valence-electron chi connectivity index (χ0n) is 15.0. The lowest BCUT2D eigenvalue weighted by atomic mass is 10.0. The molecule has 0 saturated carbocycles. The first-order valence-electron chi connectivity index (χ1n) is 9.34. The molecule has 3 aromatic rings. The average molecular weight is 344 g/mol. The molecule has 0 unspecified atom stereocenters. The molecule has 4 rings (SSSR count). The Balaban J connectivity index is 1.31. The van der Waals surface area contributed by atoms with Gasteiger partial charge in [-0.15, -0.1) is 0 Å². The Morgan fingerprint density at radius 2 is 1.46 bits per heavy atom. The summed E-state index contributed by atoms with van der Waals surface area (Å²) in [5.74, 6) is 0.237. The maximum absolute atomic E-state index is 12.6. The van der Waals surface area contributed by atoms with Crippen LogP contribution in [0.15, 0.2) is 72.8 Å². The van der Waals surface area contributed by atoms with Gasteiger partial charge in [-0.3, -0.25) is 9.69 Å². The highest BCUT2D eigenvalue weighted by atomic mass is 16.1. The van der Waals surface area contributed by atoms with E-state index in [1.54, 1.807) is 0 Å². The summed E-state index contributed by atoms with van der Waals surface area (Å²) < 4.78 is 0. The monoisotopic (exact) mass is 344 g/mol. The van der Waals surface area contributed by atoms with Crippen molar-refractivity contribution >= 4 is 22.2 Å². The van der Waals surface area contributed by atoms with E-state index in [4.69, 9.17) is 0 Å². The maximum atomic E-state index is 12.6. The Kier molecular flexibility index (Phi) is 4.98. The smallest absolute Gasteiger partial charge is 0.164 e. The number of nitrogens with zero attached hydrogens (tertiary/aromatic N) is 2. The largest absolute Gasteiger partial charge is 0.369 e. The molecular weight excluding hydrogens is 320 g/mol. The number of carbonyl (C=O) groups excluding carboxylic acids is 1. The molecule has 0 aromatic heterocycles. The summed E-state index contributed by atoms with van der Waals surface area (Å²) in [6.45, 7) is 4.91. The maximum Gasteiger partial charge on any atom is 0.164 e. The van der Waals surface area contributed by atoms with Crippen LogP contribution in [0.5, 0.6) is 0 Å². The SMILES string of the molecule is O=C(CCN1CCN(c2ccccc2)CC1)c1ccc2ccccc2c1. The molecule has 1 fully saturated rings. The summed E-state index contributed by atoms with van der Waals surface area (Å²) >= 11 is 0. The van der Waals surface area contributed by atoms with Crippen LogP contribution in [0.4, 0.5) is 5.69 Å². The van der Waals surface area contributed by atoms with E-state index >= 15 is 0 Å². The summed E-state index contributed by atoms with van der Waals surface area (Å²) in [6, 6.07) is 24.8. The molecule has 0 bridgehead atoms. The normalized spacial score (nSPS) is 15.3. The molecule has 3 aromatic carbocycles. The molecule has 0 spiro atoms. The van der Waals surface area contributed by atoms with Crippen LogP contribution in [-0.2, 0) is 0 Å². The Morgan fingerprint density at radius 1 is 0.769 bits per heavy atom. The Labute approximate surface area is 154 Å². The van der Waals surface area contributed by atoms with Gasteiger partial charge in [0.05, 0.1) is 0 Å². The summed E-state index contributed by atoms with van der Waals surface area (Å²) in [4.78, 5) is 17.4. The van der Waals surface area contributed by atoms with Crippen LogP contribution in [0.3, 0.4) is 0 Å². The van der Waals surface area contributed by atoms with Crippen LogP contribution in [0.25, 0.3) is 10.8 Å². The van der Waals surface area contributed by atoms with Gasteiger partial charge in [-0.1, -0.05) is 54.6 Å². The highest BCUT2D eigenvalue weighted by Crippen LogP contribution is 2.18. The van der Waals surface area contributed by atoms with Gasteiger partial charge in [0.25, 0.3) is 0 Å². The van der Waals surface area contributed by atoms with E-state index < -0.39 is 0 Å². The zero-order valence-corrected chi connectivity index (χ0v) is 15.0. The fourth-order valence-electron chi connectivity index (χ4n) is 3.64. The number of anilines is 1. The van der Waals surface area contributed by atoms with Crippen molar-refractivity contribution < 1.29 is 4.79 Å². The topological polar surface area (TPSA) is 23.6 Å². The van der Waals surface area contributed by atoms with Crippen molar-refractivity contribution in [1.82, 2.24) is 4.90 Å². The molecule has 0 radical (unpaired) electrons. The molecule has 0 atom stereocenters. The molecule has 26 heavy (non-hydrogen) atoms. The van der Waals surface area contributed by atoms with E-state index in [-0.39, 0.29) is 5.78 Å². The number of hydrogen-bond donors (Lipinski definition) is 0. The standard InChI is InChI=1S/C23H24N2O/c26-23(21-11-10-19-6-4-5-7-20(19)18-21)12-13-24-14-16-25(17-15-24)22-8-2-1-3-9-22/h1-11,18H,12-17H2. The molecule has 0 N–H and O–H groups in total. The second kappa shape index (κ2) is 7.71. The Hall–Kier alpha value is -2.65.